The SMILES string of the molecule is Cn1ccc2c1CC(CC(=O)O)CC2=O. The van der Waals surface area contributed by atoms with Crippen molar-refractivity contribution >= 4 is 11.8 Å². The smallest absolute Gasteiger partial charge is 0.303 e. The van der Waals surface area contributed by atoms with Crippen LogP contribution in [-0.4, -0.2) is 21.4 Å². The lowest BCUT2D eigenvalue weighted by molar-refractivity contribution is -0.138. The first kappa shape index (κ1) is 9.96. The minimum atomic E-state index is -0.828. The van der Waals surface area contributed by atoms with Crippen molar-refractivity contribution in [1.82, 2.24) is 4.57 Å². The Hall–Kier alpha value is -1.58. The molecule has 1 unspecified atom stereocenters. The Kier molecular flexibility index (Phi) is 2.34. The summed E-state index contributed by atoms with van der Waals surface area (Å²) in [5, 5.41) is 8.70. The molecule has 0 saturated carbocycles. The highest BCUT2D eigenvalue weighted by molar-refractivity contribution is 5.98. The molecule has 1 aromatic rings. The number of nitrogens with zero attached hydrogens (tertiary/aromatic N) is 1. The number of aliphatic carboxylic acids is 1. The van der Waals surface area contributed by atoms with Crippen molar-refractivity contribution in [2.24, 2.45) is 13.0 Å². The number of Topliss-reactive ketones (excluding diaryl/α,β-unsaturated/α-hetero) is 1. The zero-order valence-electron chi connectivity index (χ0n) is 8.56. The standard InChI is InChI=1S/C11H13NO3/c1-12-3-2-8-9(12)4-7(5-10(8)13)6-11(14)15/h2-3,7H,4-6H2,1H3,(H,14,15). The van der Waals surface area contributed by atoms with Crippen LogP contribution in [0.1, 0.15) is 28.9 Å². The van der Waals surface area contributed by atoms with Gasteiger partial charge in [-0.05, 0) is 18.4 Å². The van der Waals surface area contributed by atoms with E-state index in [-0.39, 0.29) is 18.1 Å². The summed E-state index contributed by atoms with van der Waals surface area (Å²) in [6.07, 6.45) is 2.99. The number of ketones is 1. The Labute approximate surface area is 87.5 Å². The molecule has 1 aliphatic rings. The lowest BCUT2D eigenvalue weighted by Crippen LogP contribution is -2.23. The fourth-order valence-electron chi connectivity index (χ4n) is 2.18. The highest BCUT2D eigenvalue weighted by Gasteiger charge is 2.28. The van der Waals surface area contributed by atoms with Gasteiger partial charge in [-0.3, -0.25) is 9.59 Å². The molecule has 0 saturated heterocycles. The Balaban J connectivity index is 2.25. The molecule has 0 aromatic carbocycles. The van der Waals surface area contributed by atoms with Gasteiger partial charge in [-0.15, -0.1) is 0 Å². The van der Waals surface area contributed by atoms with E-state index in [2.05, 4.69) is 0 Å². The molecule has 1 N–H and O–H groups in total. The highest BCUT2D eigenvalue weighted by Crippen LogP contribution is 2.27. The lowest BCUT2D eigenvalue weighted by Gasteiger charge is -2.20. The fourth-order valence-corrected chi connectivity index (χ4v) is 2.18. The third-order valence-electron chi connectivity index (χ3n) is 2.92. The zero-order valence-corrected chi connectivity index (χ0v) is 8.56. The molecular weight excluding hydrogens is 194 g/mol. The summed E-state index contributed by atoms with van der Waals surface area (Å²) < 4.78 is 1.90. The maximum absolute atomic E-state index is 11.7. The normalized spacial score (nSPS) is 20.1. The van der Waals surface area contributed by atoms with E-state index in [1.807, 2.05) is 23.9 Å². The van der Waals surface area contributed by atoms with Gasteiger partial charge in [-0.25, -0.2) is 0 Å². The van der Waals surface area contributed by atoms with Gasteiger partial charge in [0.1, 0.15) is 0 Å². The molecule has 0 amide bonds. The second-order valence-electron chi connectivity index (χ2n) is 4.08. The van der Waals surface area contributed by atoms with E-state index in [0.29, 0.717) is 12.8 Å². The minimum Gasteiger partial charge on any atom is -0.481 e. The second-order valence-corrected chi connectivity index (χ2v) is 4.08. The van der Waals surface area contributed by atoms with Gasteiger partial charge in [-0.2, -0.15) is 0 Å². The van der Waals surface area contributed by atoms with Crippen molar-refractivity contribution in [3.8, 4) is 0 Å². The number of carboxylic acid groups (broad SMARTS) is 1. The van der Waals surface area contributed by atoms with Gasteiger partial charge in [0.05, 0.1) is 0 Å². The van der Waals surface area contributed by atoms with Gasteiger partial charge in [0.2, 0.25) is 0 Å². The molecular formula is C11H13NO3. The molecule has 1 atom stereocenters. The molecule has 1 aliphatic carbocycles. The number of hydrogen-bond donors (Lipinski definition) is 1. The van der Waals surface area contributed by atoms with Crippen molar-refractivity contribution in [3.05, 3.63) is 23.5 Å². The Morgan fingerprint density at radius 1 is 1.60 bits per heavy atom. The summed E-state index contributed by atoms with van der Waals surface area (Å²) in [5.41, 5.74) is 1.73. The molecule has 0 radical (unpaired) electrons. The van der Waals surface area contributed by atoms with Crippen molar-refractivity contribution in [3.63, 3.8) is 0 Å². The van der Waals surface area contributed by atoms with Gasteiger partial charge >= 0.3 is 5.97 Å². The summed E-state index contributed by atoms with van der Waals surface area (Å²) in [4.78, 5) is 22.3. The first-order valence-corrected chi connectivity index (χ1v) is 4.97. The summed E-state index contributed by atoms with van der Waals surface area (Å²) in [5.74, 6) is -0.801. The Morgan fingerprint density at radius 2 is 2.33 bits per heavy atom. The summed E-state index contributed by atoms with van der Waals surface area (Å²) >= 11 is 0. The van der Waals surface area contributed by atoms with E-state index in [1.165, 1.54) is 0 Å². The quantitative estimate of drug-likeness (QED) is 0.793. The number of carbonyl (C=O) groups excluding carboxylic acids is 1. The van der Waals surface area contributed by atoms with E-state index < -0.39 is 5.97 Å². The topological polar surface area (TPSA) is 59.3 Å². The van der Waals surface area contributed by atoms with E-state index in [4.69, 9.17) is 5.11 Å². The third kappa shape index (κ3) is 1.79. The summed E-state index contributed by atoms with van der Waals surface area (Å²) in [6.45, 7) is 0. The van der Waals surface area contributed by atoms with Crippen LogP contribution in [0.15, 0.2) is 12.3 Å². The van der Waals surface area contributed by atoms with Crippen LogP contribution in [0.4, 0.5) is 0 Å². The van der Waals surface area contributed by atoms with E-state index in [9.17, 15) is 9.59 Å². The predicted molar refractivity (Wildman–Crippen MR) is 53.8 cm³/mol. The molecule has 2 rings (SSSR count). The first-order chi connectivity index (χ1) is 7.08. The molecule has 0 bridgehead atoms. The zero-order chi connectivity index (χ0) is 11.0. The molecule has 1 heterocycles. The molecule has 0 spiro atoms. The third-order valence-corrected chi connectivity index (χ3v) is 2.92. The number of rotatable bonds is 2. The van der Waals surface area contributed by atoms with Crippen LogP contribution in [0.2, 0.25) is 0 Å². The number of aryl methyl sites for hydroxylation is 1. The van der Waals surface area contributed by atoms with Crippen molar-refractivity contribution in [2.45, 2.75) is 19.3 Å². The summed E-state index contributed by atoms with van der Waals surface area (Å²) in [6, 6.07) is 1.81. The number of fused-ring (bicyclic) bond motifs is 1. The maximum Gasteiger partial charge on any atom is 0.303 e. The van der Waals surface area contributed by atoms with Crippen LogP contribution in [0, 0.1) is 5.92 Å². The fraction of sp³-hybridized carbons (Fsp3) is 0.455. The van der Waals surface area contributed by atoms with Gasteiger partial charge < -0.3 is 9.67 Å². The van der Waals surface area contributed by atoms with Crippen molar-refractivity contribution < 1.29 is 14.7 Å². The van der Waals surface area contributed by atoms with E-state index in [0.717, 1.165) is 11.3 Å². The first-order valence-electron chi connectivity index (χ1n) is 4.97. The molecule has 4 heteroatoms. The molecule has 0 fully saturated rings. The summed E-state index contributed by atoms with van der Waals surface area (Å²) in [7, 11) is 1.88. The van der Waals surface area contributed by atoms with Gasteiger partial charge in [0, 0.05) is 37.3 Å². The largest absolute Gasteiger partial charge is 0.481 e. The molecule has 4 nitrogen and oxygen atoms in total. The average molecular weight is 207 g/mol. The monoisotopic (exact) mass is 207 g/mol. The Morgan fingerprint density at radius 3 is 3.00 bits per heavy atom. The maximum atomic E-state index is 11.7. The highest BCUT2D eigenvalue weighted by atomic mass is 16.4. The van der Waals surface area contributed by atoms with Crippen molar-refractivity contribution in [2.75, 3.05) is 0 Å². The van der Waals surface area contributed by atoms with Gasteiger partial charge in [0.15, 0.2) is 5.78 Å². The molecule has 0 aliphatic heterocycles. The van der Waals surface area contributed by atoms with Crippen LogP contribution < -0.4 is 0 Å². The predicted octanol–water partition coefficient (Wildman–Crippen LogP) is 1.24. The minimum absolute atomic E-state index is 0.0453. The van der Waals surface area contributed by atoms with Gasteiger partial charge in [0.25, 0.3) is 0 Å². The number of hydrogen-bond acceptors (Lipinski definition) is 2. The number of aromatic nitrogens is 1. The number of carbonyl (C=O) groups is 2. The molecule has 15 heavy (non-hydrogen) atoms. The number of carboxylic acids is 1. The van der Waals surface area contributed by atoms with Crippen LogP contribution in [-0.2, 0) is 18.3 Å². The van der Waals surface area contributed by atoms with E-state index in [1.54, 1.807) is 0 Å². The van der Waals surface area contributed by atoms with Gasteiger partial charge in [-0.1, -0.05) is 0 Å². The molecule has 80 valence electrons. The van der Waals surface area contributed by atoms with Crippen LogP contribution in [0.5, 0.6) is 0 Å². The second kappa shape index (κ2) is 3.53. The van der Waals surface area contributed by atoms with Crippen LogP contribution >= 0.6 is 0 Å². The van der Waals surface area contributed by atoms with E-state index >= 15 is 0 Å². The molecule has 1 aromatic heterocycles. The lowest BCUT2D eigenvalue weighted by atomic mass is 9.85. The van der Waals surface area contributed by atoms with Crippen LogP contribution in [0.3, 0.4) is 0 Å². The average Bonchev–Trinajstić information content (AvgIpc) is 2.47. The van der Waals surface area contributed by atoms with Crippen LogP contribution in [0.25, 0.3) is 0 Å². The Bertz CT molecular complexity index is 419. The van der Waals surface area contributed by atoms with Crippen molar-refractivity contribution in [1.29, 1.82) is 0 Å².